The van der Waals surface area contributed by atoms with Crippen molar-refractivity contribution in [3.8, 4) is 0 Å². The maximum atomic E-state index is 12.9. The quantitative estimate of drug-likeness (QED) is 0.0195. The summed E-state index contributed by atoms with van der Waals surface area (Å²) in [5.74, 6) is -0.804. The van der Waals surface area contributed by atoms with Gasteiger partial charge >= 0.3 is 11.9 Å². The van der Waals surface area contributed by atoms with E-state index < -0.39 is 26.5 Å². The minimum atomic E-state index is -4.64. The first kappa shape index (κ1) is 84.8. The Balaban J connectivity index is 3.84. The van der Waals surface area contributed by atoms with Gasteiger partial charge in [0.05, 0.1) is 27.7 Å². The first-order valence-corrected chi connectivity index (χ1v) is 39.9. The zero-order valence-electron chi connectivity index (χ0n) is 58.6. The Labute approximate surface area is 537 Å². The molecule has 9 nitrogen and oxygen atoms in total. The minimum absolute atomic E-state index is 0.0254. The maximum Gasteiger partial charge on any atom is 0.306 e. The van der Waals surface area contributed by atoms with Crippen LogP contribution < -0.4 is 4.89 Å². The molecular weight excluding hydrogens is 1090 g/mol. The number of hydrogen-bond acceptors (Lipinski definition) is 8. The van der Waals surface area contributed by atoms with E-state index in [0.29, 0.717) is 17.4 Å². The number of ether oxygens (including phenoxy) is 2. The Morgan fingerprint density at radius 2 is 0.593 bits per heavy atom. The molecule has 0 saturated heterocycles. The van der Waals surface area contributed by atoms with Crippen molar-refractivity contribution in [2.75, 3.05) is 47.5 Å². The molecule has 0 spiro atoms. The Hall–Kier alpha value is -1.25. The van der Waals surface area contributed by atoms with E-state index in [-0.39, 0.29) is 32.0 Å². The zero-order chi connectivity index (χ0) is 62.6. The van der Waals surface area contributed by atoms with Crippen LogP contribution in [0.4, 0.5) is 0 Å². The molecule has 512 valence electrons. The van der Waals surface area contributed by atoms with E-state index in [0.717, 1.165) is 32.1 Å². The Kier molecular flexibility index (Phi) is 67.1. The summed E-state index contributed by atoms with van der Waals surface area (Å²) in [6, 6.07) is 0. The lowest BCUT2D eigenvalue weighted by atomic mass is 10.0. The third-order valence-corrected chi connectivity index (χ3v) is 18.7. The molecule has 0 bridgehead atoms. The van der Waals surface area contributed by atoms with Crippen molar-refractivity contribution in [1.29, 1.82) is 0 Å². The summed E-state index contributed by atoms with van der Waals surface area (Å²) in [5, 5.41) is 0. The zero-order valence-corrected chi connectivity index (χ0v) is 59.5. The van der Waals surface area contributed by atoms with Crippen molar-refractivity contribution in [2.24, 2.45) is 0 Å². The molecule has 0 aliphatic heterocycles. The average molecular weight is 1240 g/mol. The van der Waals surface area contributed by atoms with Gasteiger partial charge in [-0.25, -0.2) is 0 Å². The lowest BCUT2D eigenvalue weighted by molar-refractivity contribution is -0.870. The summed E-state index contributed by atoms with van der Waals surface area (Å²) < 4.78 is 34.4. The first-order chi connectivity index (χ1) is 42.0. The highest BCUT2D eigenvalue weighted by Crippen LogP contribution is 2.38. The van der Waals surface area contributed by atoms with Gasteiger partial charge in [0.2, 0.25) is 0 Å². The SMILES string of the molecule is CCCCCCCCCC/C=C\CCCCCCCCCCCCCCCCCCCCCCCCCCCCCCCC(=O)OC(COC(=O)CCCCCCCCCCCCCCCCCCCCCCC)COP(=O)([O-])OCC[N+](C)(C)C. The van der Waals surface area contributed by atoms with Crippen molar-refractivity contribution < 1.29 is 42.1 Å². The number of unbranched alkanes of at least 4 members (excludes halogenated alkanes) is 57. The second kappa shape index (κ2) is 68.1. The molecule has 0 aromatic rings. The molecule has 0 saturated carbocycles. The summed E-state index contributed by atoms with van der Waals surface area (Å²) in [5.41, 5.74) is 0. The number of rotatable bonds is 73. The number of phosphoric ester groups is 1. The number of likely N-dealkylation sites (N-methyl/N-ethyl adjacent to an activating group) is 1. The number of quaternary nitrogens is 1. The molecule has 10 heteroatoms. The maximum absolute atomic E-state index is 12.9. The smallest absolute Gasteiger partial charge is 0.306 e. The van der Waals surface area contributed by atoms with Gasteiger partial charge in [-0.15, -0.1) is 0 Å². The molecule has 0 aliphatic carbocycles. The van der Waals surface area contributed by atoms with Gasteiger partial charge in [-0.1, -0.05) is 373 Å². The molecule has 0 fully saturated rings. The third-order valence-electron chi connectivity index (χ3n) is 17.8. The summed E-state index contributed by atoms with van der Waals surface area (Å²) in [6.45, 7) is 4.33. The fraction of sp³-hybridized carbons (Fsp3) is 0.947. The van der Waals surface area contributed by atoms with Crippen LogP contribution in [0.3, 0.4) is 0 Å². The number of carbonyl (C=O) groups is 2. The van der Waals surface area contributed by atoms with Crippen LogP contribution in [0, 0.1) is 0 Å². The number of phosphoric acid groups is 1. The predicted octanol–water partition coefficient (Wildman–Crippen LogP) is 24.4. The molecule has 2 unspecified atom stereocenters. The second-order valence-electron chi connectivity index (χ2n) is 27.7. The summed E-state index contributed by atoms with van der Waals surface area (Å²) in [4.78, 5) is 38.1. The summed E-state index contributed by atoms with van der Waals surface area (Å²) in [7, 11) is 1.20. The highest BCUT2D eigenvalue weighted by Gasteiger charge is 2.22. The number of allylic oxidation sites excluding steroid dienone is 2. The van der Waals surface area contributed by atoms with E-state index in [9.17, 15) is 19.0 Å². The lowest BCUT2D eigenvalue weighted by Crippen LogP contribution is -2.37. The van der Waals surface area contributed by atoms with E-state index in [1.165, 1.54) is 347 Å². The minimum Gasteiger partial charge on any atom is -0.756 e. The molecule has 0 amide bonds. The van der Waals surface area contributed by atoms with E-state index in [2.05, 4.69) is 26.0 Å². The fourth-order valence-corrected chi connectivity index (χ4v) is 12.6. The van der Waals surface area contributed by atoms with Crippen molar-refractivity contribution in [2.45, 2.75) is 418 Å². The van der Waals surface area contributed by atoms with Gasteiger partial charge in [0.15, 0.2) is 6.10 Å². The predicted molar refractivity (Wildman–Crippen MR) is 370 cm³/mol. The van der Waals surface area contributed by atoms with Gasteiger partial charge in [-0.05, 0) is 38.5 Å². The fourth-order valence-electron chi connectivity index (χ4n) is 11.9. The molecule has 0 aromatic carbocycles. The van der Waals surface area contributed by atoms with Crippen molar-refractivity contribution in [3.05, 3.63) is 12.2 Å². The monoisotopic (exact) mass is 1240 g/mol. The van der Waals surface area contributed by atoms with Gasteiger partial charge in [-0.3, -0.25) is 14.2 Å². The van der Waals surface area contributed by atoms with E-state index >= 15 is 0 Å². The number of nitrogens with zero attached hydrogens (tertiary/aromatic N) is 1. The number of hydrogen-bond donors (Lipinski definition) is 0. The van der Waals surface area contributed by atoms with Crippen molar-refractivity contribution in [1.82, 2.24) is 0 Å². The van der Waals surface area contributed by atoms with Crippen LogP contribution in [-0.2, 0) is 32.7 Å². The van der Waals surface area contributed by atoms with Gasteiger partial charge < -0.3 is 27.9 Å². The van der Waals surface area contributed by atoms with Gasteiger partial charge in [-0.2, -0.15) is 0 Å². The normalized spacial score (nSPS) is 13.0. The lowest BCUT2D eigenvalue weighted by Gasteiger charge is -2.28. The highest BCUT2D eigenvalue weighted by molar-refractivity contribution is 7.45. The highest BCUT2D eigenvalue weighted by atomic mass is 31.2. The first-order valence-electron chi connectivity index (χ1n) is 38.4. The number of carbonyl (C=O) groups excluding carboxylic acids is 2. The van der Waals surface area contributed by atoms with Crippen LogP contribution >= 0.6 is 7.82 Å². The van der Waals surface area contributed by atoms with Crippen LogP contribution in [-0.4, -0.2) is 70.0 Å². The number of esters is 2. The van der Waals surface area contributed by atoms with Crippen LogP contribution in [0.1, 0.15) is 412 Å². The van der Waals surface area contributed by atoms with Crippen LogP contribution in [0.25, 0.3) is 0 Å². The molecule has 0 N–H and O–H groups in total. The van der Waals surface area contributed by atoms with Crippen LogP contribution in [0.2, 0.25) is 0 Å². The second-order valence-corrected chi connectivity index (χ2v) is 29.1. The molecule has 0 aromatic heterocycles. The standard InChI is InChI=1S/C76H150NO8P/c1-6-8-10-12-14-16-18-20-22-24-26-28-29-30-31-32-33-34-35-36-37-38-39-40-41-42-43-44-45-46-47-49-51-53-55-57-59-61-63-65-67-69-76(79)85-74(73-84-86(80,81)83-71-70-77(3,4)5)72-82-75(78)68-66-64-62-60-58-56-54-52-50-48-27-25-23-21-19-17-15-13-11-9-7-2/h24,26,74H,6-23,25,27-73H2,1-5H3/b26-24-. The van der Waals surface area contributed by atoms with Crippen molar-refractivity contribution in [3.63, 3.8) is 0 Å². The molecule has 0 radical (unpaired) electrons. The summed E-state index contributed by atoms with van der Waals surface area (Å²) >= 11 is 0. The molecule has 0 rings (SSSR count). The molecular formula is C76H150NO8P. The molecule has 0 aliphatic rings. The van der Waals surface area contributed by atoms with E-state index in [4.69, 9.17) is 18.5 Å². The largest absolute Gasteiger partial charge is 0.756 e. The Morgan fingerprint density at radius 1 is 0.349 bits per heavy atom. The van der Waals surface area contributed by atoms with Crippen molar-refractivity contribution >= 4 is 19.8 Å². The van der Waals surface area contributed by atoms with Crippen LogP contribution in [0.15, 0.2) is 12.2 Å². The third kappa shape index (κ3) is 71.8. The molecule has 2 atom stereocenters. The van der Waals surface area contributed by atoms with Gasteiger partial charge in [0, 0.05) is 12.8 Å². The van der Waals surface area contributed by atoms with Gasteiger partial charge in [0.25, 0.3) is 7.82 Å². The average Bonchev–Trinajstić information content (AvgIpc) is 3.70. The Bertz CT molecular complexity index is 1450. The topological polar surface area (TPSA) is 111 Å². The van der Waals surface area contributed by atoms with E-state index in [1.807, 2.05) is 21.1 Å². The van der Waals surface area contributed by atoms with Crippen LogP contribution in [0.5, 0.6) is 0 Å². The molecule has 0 heterocycles. The molecule has 86 heavy (non-hydrogen) atoms. The Morgan fingerprint density at radius 3 is 0.860 bits per heavy atom. The summed E-state index contributed by atoms with van der Waals surface area (Å²) in [6.07, 6.45) is 84.8. The van der Waals surface area contributed by atoms with Gasteiger partial charge in [0.1, 0.15) is 19.8 Å². The van der Waals surface area contributed by atoms with E-state index in [1.54, 1.807) is 0 Å².